The number of rotatable bonds is 5. The first-order valence-electron chi connectivity index (χ1n) is 6.04. The van der Waals surface area contributed by atoms with Crippen molar-refractivity contribution >= 4 is 17.6 Å². The highest BCUT2D eigenvalue weighted by Gasteiger charge is 2.41. The van der Waals surface area contributed by atoms with Crippen molar-refractivity contribution < 1.29 is 22.7 Å². The molecule has 0 amide bonds. The van der Waals surface area contributed by atoms with Crippen LogP contribution in [0, 0.1) is 0 Å². The highest BCUT2D eigenvalue weighted by atomic mass is 35.5. The van der Waals surface area contributed by atoms with E-state index in [0.29, 0.717) is 10.7 Å². The second-order valence-electron chi connectivity index (χ2n) is 4.10. The van der Waals surface area contributed by atoms with Gasteiger partial charge in [-0.05, 0) is 19.1 Å². The molecule has 0 atom stereocenters. The summed E-state index contributed by atoms with van der Waals surface area (Å²) >= 11 is 5.64. The van der Waals surface area contributed by atoms with Crippen LogP contribution >= 0.6 is 11.6 Å². The van der Waals surface area contributed by atoms with Crippen molar-refractivity contribution in [2.45, 2.75) is 19.3 Å². The van der Waals surface area contributed by atoms with E-state index in [0.717, 1.165) is 6.20 Å². The van der Waals surface area contributed by atoms with E-state index in [9.17, 15) is 13.6 Å². The Morgan fingerprint density at radius 1 is 1.38 bits per heavy atom. The molecule has 2 heterocycles. The van der Waals surface area contributed by atoms with Crippen LogP contribution in [0.1, 0.15) is 12.7 Å². The van der Waals surface area contributed by atoms with Crippen LogP contribution in [-0.4, -0.2) is 28.5 Å². The Morgan fingerprint density at radius 3 is 2.76 bits per heavy atom. The van der Waals surface area contributed by atoms with Gasteiger partial charge in [-0.1, -0.05) is 11.6 Å². The molecule has 8 heteroatoms. The molecular weight excluding hydrogens is 306 g/mol. The lowest BCUT2D eigenvalue weighted by Crippen LogP contribution is -2.33. The fraction of sp³-hybridized carbons (Fsp3) is 0.308. The number of alkyl halides is 2. The van der Waals surface area contributed by atoms with Crippen LogP contribution in [0.4, 0.5) is 8.78 Å². The molecule has 2 rings (SSSR count). The first-order chi connectivity index (χ1) is 9.92. The average Bonchev–Trinajstić information content (AvgIpc) is 2.87. The number of aromatic nitrogens is 2. The summed E-state index contributed by atoms with van der Waals surface area (Å²) in [6, 6.07) is 3.11. The van der Waals surface area contributed by atoms with Crippen LogP contribution in [0.25, 0.3) is 11.5 Å². The van der Waals surface area contributed by atoms with Crippen molar-refractivity contribution in [3.8, 4) is 11.5 Å². The maximum atomic E-state index is 13.6. The van der Waals surface area contributed by atoms with E-state index in [2.05, 4.69) is 14.7 Å². The standard InChI is InChI=1S/C13H11ClF2N2O3/c1-2-20-12(19)13(15,16)5-9-7-18-11(21-9)8-3-4-10(14)17-6-8/h3-4,6-7H,2,5H2,1H3. The molecule has 0 spiro atoms. The van der Waals surface area contributed by atoms with Crippen molar-refractivity contribution in [3.63, 3.8) is 0 Å². The summed E-state index contributed by atoms with van der Waals surface area (Å²) in [7, 11) is 0. The quantitative estimate of drug-likeness (QED) is 0.626. The molecule has 2 aromatic heterocycles. The van der Waals surface area contributed by atoms with Gasteiger partial charge in [0.1, 0.15) is 10.9 Å². The molecule has 2 aromatic rings. The second-order valence-corrected chi connectivity index (χ2v) is 4.49. The van der Waals surface area contributed by atoms with Gasteiger partial charge in [-0.2, -0.15) is 8.78 Å². The predicted molar refractivity (Wildman–Crippen MR) is 70.0 cm³/mol. The van der Waals surface area contributed by atoms with E-state index in [-0.39, 0.29) is 18.3 Å². The summed E-state index contributed by atoms with van der Waals surface area (Å²) in [5.74, 6) is -5.26. The van der Waals surface area contributed by atoms with Gasteiger partial charge < -0.3 is 9.15 Å². The van der Waals surface area contributed by atoms with Crippen LogP contribution in [0.5, 0.6) is 0 Å². The van der Waals surface area contributed by atoms with Gasteiger partial charge in [0.05, 0.1) is 24.8 Å². The van der Waals surface area contributed by atoms with Crippen molar-refractivity contribution in [3.05, 3.63) is 35.4 Å². The number of carbonyl (C=O) groups excluding carboxylic acids is 1. The van der Waals surface area contributed by atoms with Gasteiger partial charge in [0.25, 0.3) is 0 Å². The Morgan fingerprint density at radius 2 is 2.14 bits per heavy atom. The normalized spacial score (nSPS) is 11.4. The maximum Gasteiger partial charge on any atom is 0.377 e. The summed E-state index contributed by atoms with van der Waals surface area (Å²) in [5, 5.41) is 0.291. The molecular formula is C13H11ClF2N2O3. The molecule has 112 valence electrons. The zero-order valence-electron chi connectivity index (χ0n) is 11.0. The minimum atomic E-state index is -3.66. The number of oxazole rings is 1. The summed E-state index contributed by atoms with van der Waals surface area (Å²) < 4.78 is 36.6. The molecule has 0 radical (unpaired) electrons. The first-order valence-corrected chi connectivity index (χ1v) is 6.42. The number of carbonyl (C=O) groups is 1. The number of hydrogen-bond donors (Lipinski definition) is 0. The molecule has 21 heavy (non-hydrogen) atoms. The molecule has 0 aliphatic heterocycles. The average molecular weight is 317 g/mol. The number of ether oxygens (including phenoxy) is 1. The highest BCUT2D eigenvalue weighted by molar-refractivity contribution is 6.29. The lowest BCUT2D eigenvalue weighted by molar-refractivity contribution is -0.171. The summed E-state index contributed by atoms with van der Waals surface area (Å²) in [6.07, 6.45) is 1.62. The van der Waals surface area contributed by atoms with Gasteiger partial charge in [-0.3, -0.25) is 0 Å². The van der Waals surface area contributed by atoms with Gasteiger partial charge in [-0.25, -0.2) is 14.8 Å². The SMILES string of the molecule is CCOC(=O)C(F)(F)Cc1cnc(-c2ccc(Cl)nc2)o1. The number of esters is 1. The third-order valence-corrected chi connectivity index (χ3v) is 2.72. The molecule has 0 N–H and O–H groups in total. The van der Waals surface area contributed by atoms with Crippen molar-refractivity contribution in [2.75, 3.05) is 6.61 Å². The van der Waals surface area contributed by atoms with Gasteiger partial charge in [0.2, 0.25) is 5.89 Å². The Bertz CT molecular complexity index is 629. The minimum Gasteiger partial charge on any atom is -0.462 e. The second kappa shape index (κ2) is 6.17. The third-order valence-electron chi connectivity index (χ3n) is 2.50. The van der Waals surface area contributed by atoms with E-state index in [1.807, 2.05) is 0 Å². The Balaban J connectivity index is 2.13. The topological polar surface area (TPSA) is 65.2 Å². The Labute approximate surface area is 123 Å². The van der Waals surface area contributed by atoms with E-state index < -0.39 is 18.3 Å². The van der Waals surface area contributed by atoms with Crippen molar-refractivity contribution in [1.82, 2.24) is 9.97 Å². The molecule has 0 saturated heterocycles. The highest BCUT2D eigenvalue weighted by Crippen LogP contribution is 2.25. The molecule has 0 saturated carbocycles. The predicted octanol–water partition coefficient (Wildman–Crippen LogP) is 3.13. The lowest BCUT2D eigenvalue weighted by Gasteiger charge is -2.12. The molecule has 0 unspecified atom stereocenters. The molecule has 0 aromatic carbocycles. The van der Waals surface area contributed by atoms with E-state index >= 15 is 0 Å². The minimum absolute atomic E-state index is 0.119. The zero-order chi connectivity index (χ0) is 15.5. The molecule has 0 aliphatic carbocycles. The van der Waals surface area contributed by atoms with Crippen LogP contribution in [0.2, 0.25) is 5.15 Å². The Hall–Kier alpha value is -2.02. The number of hydrogen-bond acceptors (Lipinski definition) is 5. The van der Waals surface area contributed by atoms with E-state index in [1.165, 1.54) is 19.2 Å². The summed E-state index contributed by atoms with van der Waals surface area (Å²) in [4.78, 5) is 18.8. The van der Waals surface area contributed by atoms with Gasteiger partial charge in [0, 0.05) is 6.20 Å². The fourth-order valence-electron chi connectivity index (χ4n) is 1.55. The first kappa shape index (κ1) is 15.4. The number of nitrogens with zero attached hydrogens (tertiary/aromatic N) is 2. The summed E-state index contributed by atoms with van der Waals surface area (Å²) in [5.41, 5.74) is 0.491. The maximum absolute atomic E-state index is 13.6. The zero-order valence-corrected chi connectivity index (χ0v) is 11.7. The van der Waals surface area contributed by atoms with E-state index in [4.69, 9.17) is 16.0 Å². The summed E-state index contributed by atoms with van der Waals surface area (Å²) in [6.45, 7) is 1.33. The van der Waals surface area contributed by atoms with Crippen molar-refractivity contribution in [1.29, 1.82) is 0 Å². The van der Waals surface area contributed by atoms with Gasteiger partial charge in [0.15, 0.2) is 0 Å². The molecule has 5 nitrogen and oxygen atoms in total. The van der Waals surface area contributed by atoms with Crippen LogP contribution in [0.15, 0.2) is 28.9 Å². The lowest BCUT2D eigenvalue weighted by atomic mass is 10.2. The number of pyridine rings is 1. The number of halogens is 3. The Kier molecular flexibility index (Phi) is 4.52. The largest absolute Gasteiger partial charge is 0.462 e. The van der Waals surface area contributed by atoms with Crippen LogP contribution < -0.4 is 0 Å². The molecule has 0 aliphatic rings. The van der Waals surface area contributed by atoms with Crippen LogP contribution in [0.3, 0.4) is 0 Å². The van der Waals surface area contributed by atoms with E-state index in [1.54, 1.807) is 6.07 Å². The third kappa shape index (κ3) is 3.75. The molecule has 0 bridgehead atoms. The fourth-order valence-corrected chi connectivity index (χ4v) is 1.66. The smallest absolute Gasteiger partial charge is 0.377 e. The van der Waals surface area contributed by atoms with Crippen LogP contribution in [-0.2, 0) is 16.0 Å². The van der Waals surface area contributed by atoms with Gasteiger partial charge >= 0.3 is 11.9 Å². The van der Waals surface area contributed by atoms with Gasteiger partial charge in [-0.15, -0.1) is 0 Å². The van der Waals surface area contributed by atoms with Crippen molar-refractivity contribution in [2.24, 2.45) is 0 Å². The monoisotopic (exact) mass is 316 g/mol. The molecule has 0 fully saturated rings.